The highest BCUT2D eigenvalue weighted by atomic mass is 16.6. The molecule has 14 heavy (non-hydrogen) atoms. The molecule has 0 saturated carbocycles. The van der Waals surface area contributed by atoms with Gasteiger partial charge in [-0.2, -0.15) is 0 Å². The van der Waals surface area contributed by atoms with Crippen molar-refractivity contribution in [1.29, 1.82) is 0 Å². The Morgan fingerprint density at radius 2 is 1.57 bits per heavy atom. The zero-order chi connectivity index (χ0) is 11.6. The Morgan fingerprint density at radius 3 is 1.86 bits per heavy atom. The Kier molecular flexibility index (Phi) is 3.68. The van der Waals surface area contributed by atoms with Crippen LogP contribution in [-0.4, -0.2) is 22.6 Å². The molecule has 4 nitrogen and oxygen atoms in total. The molecule has 0 spiro atoms. The van der Waals surface area contributed by atoms with Crippen LogP contribution in [0.4, 0.5) is 0 Å². The van der Waals surface area contributed by atoms with Gasteiger partial charge in [0.05, 0.1) is 11.8 Å². The summed E-state index contributed by atoms with van der Waals surface area (Å²) < 4.78 is 5.02. The maximum Gasteiger partial charge on any atom is 0.309 e. The fourth-order valence-corrected chi connectivity index (χ4v) is 0.814. The number of carbonyl (C=O) groups excluding carboxylic acids is 1. The molecule has 0 aliphatic heterocycles. The standard InChI is InChI=1S/C10H18O4/c1-9(2,3)14-7(11)6-10(4,5)8(12)13/h6H2,1-5H3,(H,12,13). The summed E-state index contributed by atoms with van der Waals surface area (Å²) >= 11 is 0. The van der Waals surface area contributed by atoms with Crippen LogP contribution in [0.2, 0.25) is 0 Å². The third kappa shape index (κ3) is 4.84. The number of hydrogen-bond acceptors (Lipinski definition) is 3. The van der Waals surface area contributed by atoms with E-state index in [1.165, 1.54) is 13.8 Å². The van der Waals surface area contributed by atoms with Gasteiger partial charge in [0, 0.05) is 0 Å². The first-order valence-corrected chi connectivity index (χ1v) is 4.50. The van der Waals surface area contributed by atoms with Crippen LogP contribution >= 0.6 is 0 Å². The zero-order valence-corrected chi connectivity index (χ0v) is 9.38. The molecule has 0 aromatic rings. The molecule has 0 saturated heterocycles. The molecule has 4 heteroatoms. The zero-order valence-electron chi connectivity index (χ0n) is 9.38. The maximum atomic E-state index is 11.3. The second-order valence-corrected chi connectivity index (χ2v) is 4.95. The van der Waals surface area contributed by atoms with Crippen molar-refractivity contribution in [3.05, 3.63) is 0 Å². The Hall–Kier alpha value is -1.06. The summed E-state index contributed by atoms with van der Waals surface area (Å²) in [6.45, 7) is 8.24. The largest absolute Gasteiger partial charge is 0.481 e. The Balaban J connectivity index is 4.27. The van der Waals surface area contributed by atoms with E-state index in [1.807, 2.05) is 0 Å². The van der Waals surface area contributed by atoms with Gasteiger partial charge in [0.15, 0.2) is 0 Å². The number of ether oxygens (including phenoxy) is 1. The van der Waals surface area contributed by atoms with Crippen molar-refractivity contribution < 1.29 is 19.4 Å². The summed E-state index contributed by atoms with van der Waals surface area (Å²) in [5.41, 5.74) is -1.63. The van der Waals surface area contributed by atoms with E-state index in [0.29, 0.717) is 0 Å². The lowest BCUT2D eigenvalue weighted by molar-refractivity contribution is -0.163. The van der Waals surface area contributed by atoms with Crippen LogP contribution in [0.25, 0.3) is 0 Å². The molecule has 0 rings (SSSR count). The molecular weight excluding hydrogens is 184 g/mol. The molecule has 0 bridgehead atoms. The van der Waals surface area contributed by atoms with Crippen LogP contribution in [0.3, 0.4) is 0 Å². The quantitative estimate of drug-likeness (QED) is 0.709. The number of carbonyl (C=O) groups is 2. The predicted octanol–water partition coefficient (Wildman–Crippen LogP) is 1.83. The number of carboxylic acid groups (broad SMARTS) is 1. The number of rotatable bonds is 3. The SMILES string of the molecule is CC(C)(C)OC(=O)CC(C)(C)C(=O)O. The second-order valence-electron chi connectivity index (χ2n) is 4.95. The number of esters is 1. The second kappa shape index (κ2) is 3.98. The lowest BCUT2D eigenvalue weighted by Crippen LogP contribution is -2.31. The normalized spacial score (nSPS) is 12.4. The number of hydrogen-bond donors (Lipinski definition) is 1. The summed E-state index contributed by atoms with van der Waals surface area (Å²) in [4.78, 5) is 22.0. The molecule has 1 N–H and O–H groups in total. The fourth-order valence-electron chi connectivity index (χ4n) is 0.814. The van der Waals surface area contributed by atoms with Gasteiger partial charge in [-0.3, -0.25) is 9.59 Å². The first-order valence-electron chi connectivity index (χ1n) is 4.50. The van der Waals surface area contributed by atoms with E-state index in [1.54, 1.807) is 20.8 Å². The number of carboxylic acids is 1. The van der Waals surface area contributed by atoms with Gasteiger partial charge in [0.2, 0.25) is 0 Å². The van der Waals surface area contributed by atoms with E-state index in [4.69, 9.17) is 9.84 Å². The van der Waals surface area contributed by atoms with Crippen molar-refractivity contribution in [2.45, 2.75) is 46.6 Å². The monoisotopic (exact) mass is 202 g/mol. The third-order valence-electron chi connectivity index (χ3n) is 1.59. The van der Waals surface area contributed by atoms with Crippen LogP contribution in [0.15, 0.2) is 0 Å². The summed E-state index contributed by atoms with van der Waals surface area (Å²) in [6, 6.07) is 0. The highest BCUT2D eigenvalue weighted by Gasteiger charge is 2.32. The third-order valence-corrected chi connectivity index (χ3v) is 1.59. The minimum absolute atomic E-state index is 0.112. The van der Waals surface area contributed by atoms with E-state index < -0.39 is 23.0 Å². The first-order chi connectivity index (χ1) is 6.04. The smallest absolute Gasteiger partial charge is 0.309 e. The van der Waals surface area contributed by atoms with E-state index in [-0.39, 0.29) is 6.42 Å². The van der Waals surface area contributed by atoms with Crippen LogP contribution in [0.1, 0.15) is 41.0 Å². The summed E-state index contributed by atoms with van der Waals surface area (Å²) in [7, 11) is 0. The summed E-state index contributed by atoms with van der Waals surface area (Å²) in [5, 5.41) is 8.78. The van der Waals surface area contributed by atoms with Gasteiger partial charge < -0.3 is 9.84 Å². The van der Waals surface area contributed by atoms with Crippen molar-refractivity contribution in [3.63, 3.8) is 0 Å². The first kappa shape index (κ1) is 12.9. The number of aliphatic carboxylic acids is 1. The molecule has 0 fully saturated rings. The fraction of sp³-hybridized carbons (Fsp3) is 0.800. The molecule has 0 aliphatic rings. The Morgan fingerprint density at radius 1 is 1.14 bits per heavy atom. The van der Waals surface area contributed by atoms with Gasteiger partial charge in [-0.05, 0) is 34.6 Å². The lowest BCUT2D eigenvalue weighted by Gasteiger charge is -2.23. The van der Waals surface area contributed by atoms with E-state index in [2.05, 4.69) is 0 Å². The van der Waals surface area contributed by atoms with Gasteiger partial charge in [-0.15, -0.1) is 0 Å². The predicted molar refractivity (Wildman–Crippen MR) is 51.9 cm³/mol. The molecule has 0 aliphatic carbocycles. The van der Waals surface area contributed by atoms with Crippen LogP contribution in [0, 0.1) is 5.41 Å². The topological polar surface area (TPSA) is 63.6 Å². The molecule has 0 aromatic heterocycles. The molecule has 0 heterocycles. The lowest BCUT2D eigenvalue weighted by atomic mass is 9.90. The summed E-state index contributed by atoms with van der Waals surface area (Å²) in [6.07, 6.45) is -0.112. The molecule has 0 aromatic carbocycles. The molecule has 82 valence electrons. The van der Waals surface area contributed by atoms with Gasteiger partial charge in [-0.1, -0.05) is 0 Å². The van der Waals surface area contributed by atoms with Gasteiger partial charge >= 0.3 is 11.9 Å². The van der Waals surface area contributed by atoms with Gasteiger partial charge in [0.25, 0.3) is 0 Å². The average Bonchev–Trinajstić information content (AvgIpc) is 1.79. The highest BCUT2D eigenvalue weighted by molar-refractivity contribution is 5.81. The van der Waals surface area contributed by atoms with Crippen molar-refractivity contribution in [2.75, 3.05) is 0 Å². The summed E-state index contributed by atoms with van der Waals surface area (Å²) in [5.74, 6) is -1.48. The molecule has 0 atom stereocenters. The van der Waals surface area contributed by atoms with Crippen molar-refractivity contribution in [1.82, 2.24) is 0 Å². The molecule has 0 radical (unpaired) electrons. The van der Waals surface area contributed by atoms with Crippen LogP contribution in [-0.2, 0) is 14.3 Å². The minimum atomic E-state index is -1.07. The van der Waals surface area contributed by atoms with Crippen molar-refractivity contribution in [2.24, 2.45) is 5.41 Å². The van der Waals surface area contributed by atoms with Gasteiger partial charge in [0.1, 0.15) is 5.60 Å². The van der Waals surface area contributed by atoms with E-state index in [9.17, 15) is 9.59 Å². The van der Waals surface area contributed by atoms with E-state index >= 15 is 0 Å². The van der Waals surface area contributed by atoms with E-state index in [0.717, 1.165) is 0 Å². The van der Waals surface area contributed by atoms with Crippen molar-refractivity contribution >= 4 is 11.9 Å². The molecular formula is C10H18O4. The Bertz CT molecular complexity index is 235. The highest BCUT2D eigenvalue weighted by Crippen LogP contribution is 2.22. The van der Waals surface area contributed by atoms with Crippen LogP contribution < -0.4 is 0 Å². The minimum Gasteiger partial charge on any atom is -0.481 e. The average molecular weight is 202 g/mol. The van der Waals surface area contributed by atoms with Gasteiger partial charge in [-0.25, -0.2) is 0 Å². The maximum absolute atomic E-state index is 11.3. The van der Waals surface area contributed by atoms with Crippen LogP contribution in [0.5, 0.6) is 0 Å². The molecule has 0 unspecified atom stereocenters. The van der Waals surface area contributed by atoms with Crippen molar-refractivity contribution in [3.8, 4) is 0 Å². The molecule has 0 amide bonds. The Labute approximate surface area is 84.3 Å².